The number of thiol groups is 1. The van der Waals surface area contributed by atoms with E-state index in [4.69, 9.17) is 20.7 Å². The van der Waals surface area contributed by atoms with Crippen LogP contribution in [0.3, 0.4) is 0 Å². The molecule has 0 aromatic carbocycles. The van der Waals surface area contributed by atoms with Gasteiger partial charge in [0.25, 0.3) is 0 Å². The Balaban J connectivity index is 0. The number of hydrogen-bond donors (Lipinski definition) is 4. The van der Waals surface area contributed by atoms with E-state index in [-0.39, 0.29) is 0 Å². The first-order valence-corrected chi connectivity index (χ1v) is 4.15. The third kappa shape index (κ3) is 11.0. The van der Waals surface area contributed by atoms with Crippen LogP contribution in [0.4, 0.5) is 13.2 Å². The first-order valence-electron chi connectivity index (χ1n) is 3.52. The van der Waals surface area contributed by atoms with Crippen LogP contribution in [0, 0.1) is 0 Å². The standard InChI is InChI=1S/C4H9NO2S.C2HF3O2/c5-3(1-2-8)4(6)7;3-2(4,5)1(6)7/h3,8H,1-2,5H2,(H,6,7);(H,6,7). The third-order valence-corrected chi connectivity index (χ3v) is 1.26. The van der Waals surface area contributed by atoms with E-state index in [0.29, 0.717) is 12.2 Å². The number of carbonyl (C=O) groups is 2. The van der Waals surface area contributed by atoms with Gasteiger partial charge in [-0.15, -0.1) is 0 Å². The van der Waals surface area contributed by atoms with Gasteiger partial charge in [-0.1, -0.05) is 0 Å². The van der Waals surface area contributed by atoms with Crippen LogP contribution in [0.5, 0.6) is 0 Å². The second kappa shape index (κ2) is 7.35. The SMILES string of the molecule is NC(CCS)C(=O)O.O=C(O)C(F)(F)F. The van der Waals surface area contributed by atoms with Gasteiger partial charge in [0.1, 0.15) is 6.04 Å². The van der Waals surface area contributed by atoms with Gasteiger partial charge in [-0.25, -0.2) is 4.79 Å². The average Bonchev–Trinajstić information content (AvgIpc) is 2.03. The predicted molar refractivity (Wildman–Crippen MR) is 47.8 cm³/mol. The fraction of sp³-hybridized carbons (Fsp3) is 0.667. The molecule has 0 aliphatic rings. The van der Waals surface area contributed by atoms with Crippen molar-refractivity contribution in [2.24, 2.45) is 5.73 Å². The maximum atomic E-state index is 10.6. The Kier molecular flexibility index (Phi) is 8.07. The Morgan fingerprint density at radius 2 is 1.67 bits per heavy atom. The van der Waals surface area contributed by atoms with Crippen LogP contribution >= 0.6 is 12.6 Å². The normalized spacial score (nSPS) is 12.3. The maximum absolute atomic E-state index is 10.6. The molecule has 1 atom stereocenters. The summed E-state index contributed by atoms with van der Waals surface area (Å²) in [6.45, 7) is 0. The summed E-state index contributed by atoms with van der Waals surface area (Å²) >= 11 is 3.81. The molecule has 0 saturated carbocycles. The van der Waals surface area contributed by atoms with Crippen molar-refractivity contribution < 1.29 is 33.0 Å². The lowest BCUT2D eigenvalue weighted by Crippen LogP contribution is -2.30. The Bertz CT molecular complexity index is 221. The first-order chi connectivity index (χ1) is 6.62. The quantitative estimate of drug-likeness (QED) is 0.541. The van der Waals surface area contributed by atoms with E-state index in [9.17, 15) is 18.0 Å². The Morgan fingerprint density at radius 3 is 1.73 bits per heavy atom. The number of alkyl halides is 3. The monoisotopic (exact) mass is 249 g/mol. The molecule has 0 aromatic rings. The molecular weight excluding hydrogens is 239 g/mol. The molecule has 0 spiro atoms. The van der Waals surface area contributed by atoms with Crippen LogP contribution in [0.25, 0.3) is 0 Å². The van der Waals surface area contributed by atoms with Gasteiger partial charge in [-0.2, -0.15) is 25.8 Å². The Morgan fingerprint density at radius 1 is 1.33 bits per heavy atom. The predicted octanol–water partition coefficient (Wildman–Crippen LogP) is 0.351. The fourth-order valence-corrected chi connectivity index (χ4v) is 0.541. The molecule has 9 heteroatoms. The zero-order chi connectivity index (χ0) is 12.6. The number of rotatable bonds is 3. The summed E-state index contributed by atoms with van der Waals surface area (Å²) in [5, 5.41) is 15.3. The summed E-state index contributed by atoms with van der Waals surface area (Å²) in [5.74, 6) is -3.19. The van der Waals surface area contributed by atoms with Crippen LogP contribution in [0.15, 0.2) is 0 Å². The summed E-state index contributed by atoms with van der Waals surface area (Å²) < 4.78 is 31.7. The van der Waals surface area contributed by atoms with Crippen molar-refractivity contribution in [3.63, 3.8) is 0 Å². The van der Waals surface area contributed by atoms with E-state index in [0.717, 1.165) is 0 Å². The lowest BCUT2D eigenvalue weighted by molar-refractivity contribution is -0.192. The van der Waals surface area contributed by atoms with Crippen molar-refractivity contribution >= 4 is 24.6 Å². The molecule has 1 unspecified atom stereocenters. The summed E-state index contributed by atoms with van der Waals surface area (Å²) in [6, 6.07) is -0.743. The van der Waals surface area contributed by atoms with Gasteiger partial charge >= 0.3 is 18.1 Å². The topological polar surface area (TPSA) is 101 Å². The molecule has 0 amide bonds. The molecule has 0 bridgehead atoms. The summed E-state index contributed by atoms with van der Waals surface area (Å²) in [5.41, 5.74) is 5.08. The molecule has 4 N–H and O–H groups in total. The molecule has 90 valence electrons. The van der Waals surface area contributed by atoms with Gasteiger partial charge in [0.2, 0.25) is 0 Å². The van der Waals surface area contributed by atoms with Crippen molar-refractivity contribution in [2.75, 3.05) is 5.75 Å². The van der Waals surface area contributed by atoms with Crippen molar-refractivity contribution in [3.05, 3.63) is 0 Å². The number of nitrogens with two attached hydrogens (primary N) is 1. The third-order valence-electron chi connectivity index (χ3n) is 1.000. The largest absolute Gasteiger partial charge is 0.490 e. The second-order valence-corrected chi connectivity index (χ2v) is 2.71. The molecule has 0 rings (SSSR count). The molecule has 5 nitrogen and oxygen atoms in total. The highest BCUT2D eigenvalue weighted by atomic mass is 32.1. The smallest absolute Gasteiger partial charge is 0.480 e. The summed E-state index contributed by atoms with van der Waals surface area (Å²) in [4.78, 5) is 18.8. The van der Waals surface area contributed by atoms with E-state index >= 15 is 0 Å². The Labute approximate surface area is 88.5 Å². The van der Waals surface area contributed by atoms with Gasteiger partial charge in [0.15, 0.2) is 0 Å². The molecule has 0 aliphatic carbocycles. The molecule has 15 heavy (non-hydrogen) atoms. The van der Waals surface area contributed by atoms with Gasteiger partial charge in [0.05, 0.1) is 0 Å². The van der Waals surface area contributed by atoms with Crippen LogP contribution in [-0.2, 0) is 9.59 Å². The van der Waals surface area contributed by atoms with Crippen molar-refractivity contribution in [1.82, 2.24) is 0 Å². The lowest BCUT2D eigenvalue weighted by atomic mass is 10.2. The van der Waals surface area contributed by atoms with Gasteiger partial charge in [0, 0.05) is 0 Å². The van der Waals surface area contributed by atoms with E-state index < -0.39 is 24.2 Å². The van der Waals surface area contributed by atoms with E-state index in [1.165, 1.54) is 0 Å². The minimum Gasteiger partial charge on any atom is -0.480 e. The second-order valence-electron chi connectivity index (χ2n) is 2.26. The summed E-state index contributed by atoms with van der Waals surface area (Å²) in [6.07, 6.45) is -4.65. The minimum atomic E-state index is -5.08. The number of carboxylic acid groups (broad SMARTS) is 2. The van der Waals surface area contributed by atoms with Gasteiger partial charge < -0.3 is 15.9 Å². The number of halogens is 3. The molecule has 0 fully saturated rings. The van der Waals surface area contributed by atoms with Crippen LogP contribution in [0.2, 0.25) is 0 Å². The molecule has 0 aromatic heterocycles. The Hall–Kier alpha value is -0.960. The molecule has 0 aliphatic heterocycles. The molecular formula is C6H10F3NO4S. The number of hydrogen-bond acceptors (Lipinski definition) is 4. The minimum absolute atomic E-state index is 0.429. The van der Waals surface area contributed by atoms with Crippen LogP contribution < -0.4 is 5.73 Å². The molecule has 0 heterocycles. The van der Waals surface area contributed by atoms with E-state index in [1.54, 1.807) is 0 Å². The van der Waals surface area contributed by atoms with Crippen LogP contribution in [0.1, 0.15) is 6.42 Å². The van der Waals surface area contributed by atoms with Crippen molar-refractivity contribution in [2.45, 2.75) is 18.6 Å². The highest BCUT2D eigenvalue weighted by Crippen LogP contribution is 2.13. The zero-order valence-corrected chi connectivity index (χ0v) is 8.26. The summed E-state index contributed by atoms with van der Waals surface area (Å²) in [7, 11) is 0. The van der Waals surface area contributed by atoms with Crippen molar-refractivity contribution in [3.8, 4) is 0 Å². The average molecular weight is 249 g/mol. The highest BCUT2D eigenvalue weighted by molar-refractivity contribution is 7.80. The number of carboxylic acids is 2. The highest BCUT2D eigenvalue weighted by Gasteiger charge is 2.38. The molecule has 0 saturated heterocycles. The van der Waals surface area contributed by atoms with Crippen LogP contribution in [-0.4, -0.2) is 40.1 Å². The van der Waals surface area contributed by atoms with E-state index in [2.05, 4.69) is 12.6 Å². The van der Waals surface area contributed by atoms with Gasteiger partial charge in [-0.05, 0) is 12.2 Å². The van der Waals surface area contributed by atoms with E-state index in [1.807, 2.05) is 0 Å². The first kappa shape index (κ1) is 16.5. The van der Waals surface area contributed by atoms with Gasteiger partial charge in [-0.3, -0.25) is 4.79 Å². The fourth-order valence-electron chi connectivity index (χ4n) is 0.263. The van der Waals surface area contributed by atoms with Crippen molar-refractivity contribution in [1.29, 1.82) is 0 Å². The molecule has 0 radical (unpaired) electrons. The lowest BCUT2D eigenvalue weighted by Gasteiger charge is -2.00. The maximum Gasteiger partial charge on any atom is 0.490 e. The zero-order valence-electron chi connectivity index (χ0n) is 7.36. The number of aliphatic carboxylic acids is 2.